The summed E-state index contributed by atoms with van der Waals surface area (Å²) in [7, 11) is 0. The number of nitrogens with one attached hydrogen (secondary N) is 2. The Morgan fingerprint density at radius 1 is 1.04 bits per heavy atom. The van der Waals surface area contributed by atoms with Crippen LogP contribution >= 0.6 is 11.6 Å². The molecule has 1 aliphatic heterocycles. The number of anilines is 2. The number of carbonyl (C=O) groups is 2. The van der Waals surface area contributed by atoms with Gasteiger partial charge in [0, 0.05) is 23.7 Å². The summed E-state index contributed by atoms with van der Waals surface area (Å²) in [6, 6.07) is 10.5. The quantitative estimate of drug-likeness (QED) is 0.782. The van der Waals surface area contributed by atoms with Gasteiger partial charge in [0.25, 0.3) is 0 Å². The van der Waals surface area contributed by atoms with Crippen molar-refractivity contribution in [2.75, 3.05) is 23.8 Å². The summed E-state index contributed by atoms with van der Waals surface area (Å²) in [6.07, 6.45) is 0.941. The van der Waals surface area contributed by atoms with Crippen LogP contribution in [-0.4, -0.2) is 25.0 Å². The number of hydrogen-bond acceptors (Lipinski definition) is 4. The number of rotatable bonds is 5. The van der Waals surface area contributed by atoms with Crippen LogP contribution in [0.4, 0.5) is 11.4 Å². The van der Waals surface area contributed by atoms with Gasteiger partial charge in [0.15, 0.2) is 11.5 Å². The van der Waals surface area contributed by atoms with Crippen LogP contribution in [-0.2, 0) is 16.0 Å². The molecule has 0 fully saturated rings. The van der Waals surface area contributed by atoms with Gasteiger partial charge in [-0.1, -0.05) is 25.4 Å². The predicted molar refractivity (Wildman–Crippen MR) is 109 cm³/mol. The Labute approximate surface area is 169 Å². The maximum atomic E-state index is 12.4. The molecule has 148 valence electrons. The van der Waals surface area contributed by atoms with E-state index in [1.807, 2.05) is 13.8 Å². The molecule has 7 heteroatoms. The molecule has 2 N–H and O–H groups in total. The lowest BCUT2D eigenvalue weighted by atomic mass is 10.1. The van der Waals surface area contributed by atoms with E-state index in [9.17, 15) is 9.59 Å². The molecule has 0 atom stereocenters. The molecule has 28 heavy (non-hydrogen) atoms. The number of amides is 2. The lowest BCUT2D eigenvalue weighted by Crippen LogP contribution is -2.18. The number of carbonyl (C=O) groups excluding carboxylic acids is 2. The van der Waals surface area contributed by atoms with Gasteiger partial charge in [0.2, 0.25) is 11.8 Å². The number of ether oxygens (including phenoxy) is 2. The van der Waals surface area contributed by atoms with Crippen LogP contribution in [0.5, 0.6) is 11.5 Å². The fraction of sp³-hybridized carbons (Fsp3) is 0.333. The SMILES string of the molecule is CC(C)C(=O)Nc1ccc(NC(=O)Cc2cc(Cl)c3c(c2)OCCCO3)cc1. The highest BCUT2D eigenvalue weighted by atomic mass is 35.5. The van der Waals surface area contributed by atoms with E-state index < -0.39 is 0 Å². The Balaban J connectivity index is 1.62. The summed E-state index contributed by atoms with van der Waals surface area (Å²) in [5, 5.41) is 6.09. The van der Waals surface area contributed by atoms with Crippen molar-refractivity contribution in [2.45, 2.75) is 26.7 Å². The summed E-state index contributed by atoms with van der Waals surface area (Å²) < 4.78 is 11.3. The molecule has 0 aromatic heterocycles. The molecule has 1 aliphatic rings. The van der Waals surface area contributed by atoms with E-state index in [2.05, 4.69) is 10.6 Å². The van der Waals surface area contributed by atoms with E-state index in [1.54, 1.807) is 36.4 Å². The summed E-state index contributed by atoms with van der Waals surface area (Å²) in [4.78, 5) is 24.1. The second-order valence-corrected chi connectivity index (χ2v) is 7.31. The van der Waals surface area contributed by atoms with Gasteiger partial charge in [-0.15, -0.1) is 0 Å². The van der Waals surface area contributed by atoms with Gasteiger partial charge in [-0.05, 0) is 42.0 Å². The van der Waals surface area contributed by atoms with E-state index in [0.29, 0.717) is 41.1 Å². The molecule has 1 heterocycles. The van der Waals surface area contributed by atoms with Crippen molar-refractivity contribution in [1.82, 2.24) is 0 Å². The summed E-state index contributed by atoms with van der Waals surface area (Å²) in [5.41, 5.74) is 2.08. The smallest absolute Gasteiger partial charge is 0.228 e. The lowest BCUT2D eigenvalue weighted by molar-refractivity contribution is -0.119. The molecule has 0 saturated heterocycles. The molecule has 0 bridgehead atoms. The highest BCUT2D eigenvalue weighted by Crippen LogP contribution is 2.38. The summed E-state index contributed by atoms with van der Waals surface area (Å²) >= 11 is 6.27. The molecule has 0 aliphatic carbocycles. The molecule has 2 aromatic rings. The van der Waals surface area contributed by atoms with E-state index in [1.165, 1.54) is 0 Å². The molecule has 0 radical (unpaired) electrons. The lowest BCUT2D eigenvalue weighted by Gasteiger charge is -2.12. The van der Waals surface area contributed by atoms with Crippen molar-refractivity contribution >= 4 is 34.8 Å². The van der Waals surface area contributed by atoms with Gasteiger partial charge in [0.05, 0.1) is 24.7 Å². The molecule has 6 nitrogen and oxygen atoms in total. The van der Waals surface area contributed by atoms with Crippen LogP contribution in [0, 0.1) is 5.92 Å². The van der Waals surface area contributed by atoms with Gasteiger partial charge in [-0.25, -0.2) is 0 Å². The zero-order valence-corrected chi connectivity index (χ0v) is 16.6. The standard InChI is InChI=1S/C21H23ClN2O4/c1-13(2)21(26)24-16-6-4-15(5-7-16)23-19(25)12-14-10-17(22)20-18(11-14)27-8-3-9-28-20/h4-7,10-11,13H,3,8-9,12H2,1-2H3,(H,23,25)(H,24,26). The van der Waals surface area contributed by atoms with E-state index in [0.717, 1.165) is 12.0 Å². The number of hydrogen-bond donors (Lipinski definition) is 2. The number of benzene rings is 2. The fourth-order valence-electron chi connectivity index (χ4n) is 2.70. The Morgan fingerprint density at radius 3 is 2.36 bits per heavy atom. The normalized spacial score (nSPS) is 13.0. The highest BCUT2D eigenvalue weighted by molar-refractivity contribution is 6.32. The Bertz CT molecular complexity index is 865. The molecule has 2 amide bonds. The first-order valence-corrected chi connectivity index (χ1v) is 9.59. The minimum absolute atomic E-state index is 0.0527. The van der Waals surface area contributed by atoms with Crippen LogP contribution in [0.15, 0.2) is 36.4 Å². The van der Waals surface area contributed by atoms with Crippen LogP contribution in [0.1, 0.15) is 25.8 Å². The average molecular weight is 403 g/mol. The Hall–Kier alpha value is -2.73. The van der Waals surface area contributed by atoms with Crippen LogP contribution in [0.25, 0.3) is 0 Å². The van der Waals surface area contributed by atoms with E-state index >= 15 is 0 Å². The Morgan fingerprint density at radius 2 is 1.68 bits per heavy atom. The maximum absolute atomic E-state index is 12.4. The molecule has 3 rings (SSSR count). The van der Waals surface area contributed by atoms with E-state index in [-0.39, 0.29) is 24.2 Å². The zero-order chi connectivity index (χ0) is 20.1. The van der Waals surface area contributed by atoms with Gasteiger partial charge >= 0.3 is 0 Å². The van der Waals surface area contributed by atoms with Gasteiger partial charge in [0.1, 0.15) is 0 Å². The summed E-state index contributed by atoms with van der Waals surface area (Å²) in [5.74, 6) is 0.773. The van der Waals surface area contributed by atoms with Crippen molar-refractivity contribution in [2.24, 2.45) is 5.92 Å². The summed E-state index contributed by atoms with van der Waals surface area (Å²) in [6.45, 7) is 4.77. The molecular formula is C21H23ClN2O4. The number of fused-ring (bicyclic) bond motifs is 1. The first-order valence-electron chi connectivity index (χ1n) is 9.21. The second kappa shape index (κ2) is 8.97. The third kappa shape index (κ3) is 5.16. The van der Waals surface area contributed by atoms with Crippen LogP contribution in [0.2, 0.25) is 5.02 Å². The molecule has 2 aromatic carbocycles. The van der Waals surface area contributed by atoms with Crippen molar-refractivity contribution in [1.29, 1.82) is 0 Å². The third-order valence-corrected chi connectivity index (χ3v) is 4.47. The van der Waals surface area contributed by atoms with E-state index in [4.69, 9.17) is 21.1 Å². The highest BCUT2D eigenvalue weighted by Gasteiger charge is 2.17. The van der Waals surface area contributed by atoms with Crippen molar-refractivity contribution in [3.63, 3.8) is 0 Å². The van der Waals surface area contributed by atoms with Crippen molar-refractivity contribution < 1.29 is 19.1 Å². The first kappa shape index (κ1) is 20.0. The minimum Gasteiger partial charge on any atom is -0.489 e. The molecule has 0 spiro atoms. The maximum Gasteiger partial charge on any atom is 0.228 e. The zero-order valence-electron chi connectivity index (χ0n) is 15.9. The van der Waals surface area contributed by atoms with Gasteiger partial charge < -0.3 is 20.1 Å². The topological polar surface area (TPSA) is 76.7 Å². The van der Waals surface area contributed by atoms with Crippen molar-refractivity contribution in [3.05, 3.63) is 47.0 Å². The van der Waals surface area contributed by atoms with Gasteiger partial charge in [-0.2, -0.15) is 0 Å². The Kier molecular flexibility index (Phi) is 6.41. The second-order valence-electron chi connectivity index (χ2n) is 6.90. The molecular weight excluding hydrogens is 380 g/mol. The largest absolute Gasteiger partial charge is 0.489 e. The molecule has 0 unspecified atom stereocenters. The minimum atomic E-state index is -0.176. The van der Waals surface area contributed by atoms with Crippen LogP contribution < -0.4 is 20.1 Å². The fourth-order valence-corrected chi connectivity index (χ4v) is 2.99. The monoisotopic (exact) mass is 402 g/mol. The number of halogens is 1. The third-order valence-electron chi connectivity index (χ3n) is 4.19. The van der Waals surface area contributed by atoms with Crippen molar-refractivity contribution in [3.8, 4) is 11.5 Å². The average Bonchev–Trinajstić information content (AvgIpc) is 2.89. The first-order chi connectivity index (χ1) is 13.4. The predicted octanol–water partition coefficient (Wildman–Crippen LogP) is 4.28. The van der Waals surface area contributed by atoms with Crippen LogP contribution in [0.3, 0.4) is 0 Å². The van der Waals surface area contributed by atoms with Gasteiger partial charge in [-0.3, -0.25) is 9.59 Å². The molecule has 0 saturated carbocycles.